The molecule has 1 atom stereocenters. The zero-order chi connectivity index (χ0) is 25.5. The van der Waals surface area contributed by atoms with Crippen LogP contribution in [0.5, 0.6) is 17.2 Å². The number of methoxy groups -OCH3 is 1. The standard InChI is InChI=1S/C28H23ClN2O5/c1-18(35-23-8-5-7-21(29)16-23)27(32)31-30-17-25-24-9-4-3-6-19(24)12-15-26(25)36-28(33)20-10-13-22(34-2)14-11-20/h3-18H,1-2H3,(H,31,32)/b30-17-/t18-/m1/s1. The number of carbonyl (C=O) groups excluding carboxylic acids is 2. The average Bonchev–Trinajstić information content (AvgIpc) is 2.89. The number of nitrogens with one attached hydrogen (secondary N) is 1. The Balaban J connectivity index is 1.52. The van der Waals surface area contributed by atoms with Gasteiger partial charge >= 0.3 is 5.97 Å². The zero-order valence-corrected chi connectivity index (χ0v) is 20.4. The number of hydrogen-bond acceptors (Lipinski definition) is 6. The lowest BCUT2D eigenvalue weighted by atomic mass is 10.0. The van der Waals surface area contributed by atoms with Gasteiger partial charge in [-0.3, -0.25) is 4.79 Å². The number of hydrogen-bond donors (Lipinski definition) is 1. The first-order valence-corrected chi connectivity index (χ1v) is 11.5. The molecule has 8 heteroatoms. The lowest BCUT2D eigenvalue weighted by Crippen LogP contribution is -2.33. The third-order valence-electron chi connectivity index (χ3n) is 5.31. The minimum Gasteiger partial charge on any atom is -0.497 e. The Hall–Kier alpha value is -4.36. The van der Waals surface area contributed by atoms with Gasteiger partial charge in [0.05, 0.1) is 18.9 Å². The molecule has 0 aliphatic heterocycles. The first-order valence-electron chi connectivity index (χ1n) is 11.1. The Morgan fingerprint density at radius 2 is 1.72 bits per heavy atom. The molecule has 182 valence electrons. The van der Waals surface area contributed by atoms with Crippen molar-refractivity contribution in [2.45, 2.75) is 13.0 Å². The van der Waals surface area contributed by atoms with E-state index in [9.17, 15) is 9.59 Å². The second-order valence-electron chi connectivity index (χ2n) is 7.77. The highest BCUT2D eigenvalue weighted by molar-refractivity contribution is 6.30. The molecule has 0 saturated heterocycles. The maximum absolute atomic E-state index is 12.8. The van der Waals surface area contributed by atoms with Crippen molar-refractivity contribution >= 4 is 40.5 Å². The summed E-state index contributed by atoms with van der Waals surface area (Å²) in [5, 5.41) is 6.33. The van der Waals surface area contributed by atoms with Crippen LogP contribution in [0.25, 0.3) is 10.8 Å². The van der Waals surface area contributed by atoms with Crippen LogP contribution in [0.15, 0.2) is 90.0 Å². The lowest BCUT2D eigenvalue weighted by Gasteiger charge is -2.13. The van der Waals surface area contributed by atoms with E-state index in [1.54, 1.807) is 68.6 Å². The van der Waals surface area contributed by atoms with Crippen molar-refractivity contribution in [1.82, 2.24) is 5.43 Å². The average molecular weight is 503 g/mol. The van der Waals surface area contributed by atoms with E-state index >= 15 is 0 Å². The number of fused-ring (bicyclic) bond motifs is 1. The number of carbonyl (C=O) groups is 2. The van der Waals surface area contributed by atoms with E-state index in [1.807, 2.05) is 30.3 Å². The highest BCUT2D eigenvalue weighted by Crippen LogP contribution is 2.28. The van der Waals surface area contributed by atoms with E-state index in [0.717, 1.165) is 10.8 Å². The van der Waals surface area contributed by atoms with E-state index in [0.29, 0.717) is 33.4 Å². The van der Waals surface area contributed by atoms with Crippen LogP contribution in [0.4, 0.5) is 0 Å². The number of hydrazone groups is 1. The van der Waals surface area contributed by atoms with Crippen molar-refractivity contribution < 1.29 is 23.8 Å². The first kappa shape index (κ1) is 24.8. The molecule has 0 aliphatic rings. The van der Waals surface area contributed by atoms with Crippen LogP contribution >= 0.6 is 11.6 Å². The summed E-state index contributed by atoms with van der Waals surface area (Å²) in [7, 11) is 1.55. The van der Waals surface area contributed by atoms with E-state index in [1.165, 1.54) is 6.21 Å². The molecule has 0 spiro atoms. The Bertz CT molecular complexity index is 1420. The molecule has 1 N–H and O–H groups in total. The van der Waals surface area contributed by atoms with Crippen molar-refractivity contribution in [3.63, 3.8) is 0 Å². The summed E-state index contributed by atoms with van der Waals surface area (Å²) >= 11 is 5.96. The van der Waals surface area contributed by atoms with Crippen molar-refractivity contribution in [3.05, 3.63) is 101 Å². The number of ether oxygens (including phenoxy) is 3. The summed E-state index contributed by atoms with van der Waals surface area (Å²) in [5.41, 5.74) is 3.38. The number of benzene rings is 4. The Kier molecular flexibility index (Phi) is 7.82. The fourth-order valence-electron chi connectivity index (χ4n) is 3.43. The van der Waals surface area contributed by atoms with Gasteiger partial charge in [-0.2, -0.15) is 5.10 Å². The number of amides is 1. The van der Waals surface area contributed by atoms with Gasteiger partial charge in [0.25, 0.3) is 5.91 Å². The predicted molar refractivity (Wildman–Crippen MR) is 139 cm³/mol. The molecule has 0 fully saturated rings. The molecule has 7 nitrogen and oxygen atoms in total. The normalized spacial score (nSPS) is 11.8. The van der Waals surface area contributed by atoms with Crippen molar-refractivity contribution in [1.29, 1.82) is 0 Å². The molecule has 0 aromatic heterocycles. The molecule has 0 aliphatic carbocycles. The van der Waals surface area contributed by atoms with E-state index in [2.05, 4.69) is 10.5 Å². The van der Waals surface area contributed by atoms with Crippen LogP contribution in [0.2, 0.25) is 5.02 Å². The highest BCUT2D eigenvalue weighted by atomic mass is 35.5. The van der Waals surface area contributed by atoms with Crippen molar-refractivity contribution in [2.75, 3.05) is 7.11 Å². The van der Waals surface area contributed by atoms with Crippen molar-refractivity contribution in [2.24, 2.45) is 5.10 Å². The van der Waals surface area contributed by atoms with Gasteiger partial charge in [-0.25, -0.2) is 10.2 Å². The second-order valence-corrected chi connectivity index (χ2v) is 8.20. The summed E-state index contributed by atoms with van der Waals surface area (Å²) in [6.07, 6.45) is 0.628. The molecule has 4 aromatic carbocycles. The summed E-state index contributed by atoms with van der Waals surface area (Å²) in [5.74, 6) is 0.416. The molecular formula is C28H23ClN2O5. The third-order valence-corrected chi connectivity index (χ3v) is 5.54. The zero-order valence-electron chi connectivity index (χ0n) is 19.6. The van der Waals surface area contributed by atoms with Crippen molar-refractivity contribution in [3.8, 4) is 17.2 Å². The van der Waals surface area contributed by atoms with Gasteiger partial charge in [0.2, 0.25) is 0 Å². The largest absolute Gasteiger partial charge is 0.497 e. The molecule has 0 heterocycles. The number of nitrogens with zero attached hydrogens (tertiary/aromatic N) is 1. The van der Waals surface area contributed by atoms with E-state index < -0.39 is 18.0 Å². The molecule has 0 unspecified atom stereocenters. The SMILES string of the molecule is COc1ccc(C(=O)Oc2ccc3ccccc3c2/C=N\NC(=O)[C@@H](C)Oc2cccc(Cl)c2)cc1. The molecule has 4 rings (SSSR count). The van der Waals surface area contributed by atoms with Crippen LogP contribution in [-0.4, -0.2) is 31.3 Å². The van der Waals surface area contributed by atoms with Gasteiger partial charge in [-0.05, 0) is 66.2 Å². The second kappa shape index (κ2) is 11.4. The molecule has 36 heavy (non-hydrogen) atoms. The summed E-state index contributed by atoms with van der Waals surface area (Å²) in [4.78, 5) is 25.3. The highest BCUT2D eigenvalue weighted by Gasteiger charge is 2.16. The van der Waals surface area contributed by atoms with Gasteiger partial charge in [0.15, 0.2) is 6.10 Å². The molecule has 0 saturated carbocycles. The fraction of sp³-hybridized carbons (Fsp3) is 0.107. The van der Waals surface area contributed by atoms with Crippen LogP contribution in [-0.2, 0) is 4.79 Å². The first-order chi connectivity index (χ1) is 17.4. The topological polar surface area (TPSA) is 86.2 Å². The summed E-state index contributed by atoms with van der Waals surface area (Å²) in [6.45, 7) is 1.60. The van der Waals surface area contributed by atoms with Gasteiger partial charge in [-0.15, -0.1) is 0 Å². The van der Waals surface area contributed by atoms with Crippen LogP contribution in [0, 0.1) is 0 Å². The lowest BCUT2D eigenvalue weighted by molar-refractivity contribution is -0.127. The summed E-state index contributed by atoms with van der Waals surface area (Å²) in [6, 6.07) is 24.5. The molecule has 1 amide bonds. The smallest absolute Gasteiger partial charge is 0.343 e. The third kappa shape index (κ3) is 6.00. The van der Waals surface area contributed by atoms with Gasteiger partial charge in [0.1, 0.15) is 17.2 Å². The minimum atomic E-state index is -0.819. The van der Waals surface area contributed by atoms with E-state index in [-0.39, 0.29) is 0 Å². The Morgan fingerprint density at radius 3 is 2.47 bits per heavy atom. The monoisotopic (exact) mass is 502 g/mol. The quantitative estimate of drug-likeness (QED) is 0.146. The summed E-state index contributed by atoms with van der Waals surface area (Å²) < 4.78 is 16.4. The Morgan fingerprint density at radius 1 is 0.944 bits per heavy atom. The number of esters is 1. The van der Waals surface area contributed by atoms with Gasteiger partial charge < -0.3 is 14.2 Å². The Labute approximate surface area is 213 Å². The molecule has 4 aromatic rings. The fourth-order valence-corrected chi connectivity index (χ4v) is 3.61. The maximum atomic E-state index is 12.8. The molecule has 0 bridgehead atoms. The van der Waals surface area contributed by atoms with E-state index in [4.69, 9.17) is 25.8 Å². The predicted octanol–water partition coefficient (Wildman–Crippen LogP) is 5.64. The van der Waals surface area contributed by atoms with Crippen LogP contribution < -0.4 is 19.6 Å². The maximum Gasteiger partial charge on any atom is 0.343 e. The number of rotatable bonds is 8. The molecular weight excluding hydrogens is 480 g/mol. The van der Waals surface area contributed by atoms with Gasteiger partial charge in [-0.1, -0.05) is 48.0 Å². The number of halogens is 1. The minimum absolute atomic E-state index is 0.302. The molecule has 0 radical (unpaired) electrons. The van der Waals surface area contributed by atoms with Gasteiger partial charge in [0, 0.05) is 10.6 Å². The van der Waals surface area contributed by atoms with Crippen LogP contribution in [0.3, 0.4) is 0 Å². The van der Waals surface area contributed by atoms with Crippen LogP contribution in [0.1, 0.15) is 22.8 Å².